The molecule has 0 radical (unpaired) electrons. The van der Waals surface area contributed by atoms with Crippen molar-refractivity contribution in [3.05, 3.63) is 21.9 Å². The lowest BCUT2D eigenvalue weighted by atomic mass is 10.4. The predicted molar refractivity (Wildman–Crippen MR) is 84.2 cm³/mol. The number of anilines is 1. The number of nitrogens with one attached hydrogen (secondary N) is 1. The molecule has 7 heteroatoms. The Hall–Kier alpha value is -1.76. The number of hydrogen-bond acceptors (Lipinski definition) is 7. The van der Waals surface area contributed by atoms with Gasteiger partial charge in [-0.05, 0) is 38.5 Å². The van der Waals surface area contributed by atoms with Crippen LogP contribution >= 0.6 is 11.3 Å². The highest BCUT2D eigenvalue weighted by Gasteiger charge is 2.27. The van der Waals surface area contributed by atoms with Crippen LogP contribution in [0.4, 0.5) is 5.82 Å². The SMILES string of the molecule is Cc1nc(NCc2nnc(C3CC3)s2)cc(OCC2CC2)n1. The van der Waals surface area contributed by atoms with Crippen LogP contribution in [-0.4, -0.2) is 26.8 Å². The van der Waals surface area contributed by atoms with Gasteiger partial charge in [0.05, 0.1) is 13.2 Å². The second-order valence-corrected chi connectivity index (χ2v) is 7.15. The van der Waals surface area contributed by atoms with Crippen molar-refractivity contribution < 1.29 is 4.74 Å². The molecule has 1 N–H and O–H groups in total. The number of nitrogens with zero attached hydrogens (tertiary/aromatic N) is 4. The summed E-state index contributed by atoms with van der Waals surface area (Å²) in [5, 5.41) is 14.0. The molecule has 0 aromatic carbocycles. The third kappa shape index (κ3) is 3.52. The van der Waals surface area contributed by atoms with E-state index >= 15 is 0 Å². The normalized spacial score (nSPS) is 17.5. The van der Waals surface area contributed by atoms with Gasteiger partial charge in [-0.15, -0.1) is 10.2 Å². The Morgan fingerprint density at radius 1 is 1.23 bits per heavy atom. The second kappa shape index (κ2) is 5.79. The van der Waals surface area contributed by atoms with Crippen molar-refractivity contribution in [1.29, 1.82) is 0 Å². The van der Waals surface area contributed by atoms with E-state index in [2.05, 4.69) is 25.5 Å². The molecule has 2 aliphatic carbocycles. The number of aryl methyl sites for hydroxylation is 1. The Morgan fingerprint density at radius 2 is 2.09 bits per heavy atom. The summed E-state index contributed by atoms with van der Waals surface area (Å²) < 4.78 is 5.73. The molecule has 0 spiro atoms. The molecule has 0 unspecified atom stereocenters. The van der Waals surface area contributed by atoms with Crippen molar-refractivity contribution in [3.8, 4) is 5.88 Å². The average Bonchev–Trinajstić information content (AvgIpc) is 3.42. The molecule has 0 saturated heterocycles. The molecule has 2 saturated carbocycles. The lowest BCUT2D eigenvalue weighted by molar-refractivity contribution is 0.287. The summed E-state index contributed by atoms with van der Waals surface area (Å²) in [6.07, 6.45) is 5.06. The maximum Gasteiger partial charge on any atom is 0.218 e. The Balaban J connectivity index is 1.37. The lowest BCUT2D eigenvalue weighted by Gasteiger charge is -2.08. The van der Waals surface area contributed by atoms with Crippen LogP contribution in [0.5, 0.6) is 5.88 Å². The van der Waals surface area contributed by atoms with Crippen molar-refractivity contribution in [1.82, 2.24) is 20.2 Å². The third-order valence-corrected chi connectivity index (χ3v) is 4.89. The van der Waals surface area contributed by atoms with Gasteiger partial charge >= 0.3 is 0 Å². The van der Waals surface area contributed by atoms with Gasteiger partial charge in [0.25, 0.3) is 0 Å². The van der Waals surface area contributed by atoms with E-state index in [4.69, 9.17) is 4.74 Å². The van der Waals surface area contributed by atoms with E-state index in [9.17, 15) is 0 Å². The molecule has 0 bridgehead atoms. The van der Waals surface area contributed by atoms with Crippen molar-refractivity contribution >= 4 is 17.2 Å². The Labute approximate surface area is 133 Å². The van der Waals surface area contributed by atoms with Crippen LogP contribution in [0.1, 0.15) is 47.4 Å². The number of rotatable bonds is 7. The van der Waals surface area contributed by atoms with Gasteiger partial charge in [0, 0.05) is 12.0 Å². The zero-order valence-corrected chi connectivity index (χ0v) is 13.4. The van der Waals surface area contributed by atoms with E-state index in [1.54, 1.807) is 11.3 Å². The van der Waals surface area contributed by atoms with Gasteiger partial charge in [-0.3, -0.25) is 0 Å². The fraction of sp³-hybridized carbons (Fsp3) is 0.600. The molecule has 0 amide bonds. The molecule has 2 aliphatic rings. The second-order valence-electron chi connectivity index (χ2n) is 6.05. The minimum atomic E-state index is 0.642. The summed E-state index contributed by atoms with van der Waals surface area (Å²) >= 11 is 1.69. The van der Waals surface area contributed by atoms with Gasteiger partial charge in [-0.1, -0.05) is 11.3 Å². The highest BCUT2D eigenvalue weighted by Crippen LogP contribution is 2.41. The molecule has 0 aliphatic heterocycles. The van der Waals surface area contributed by atoms with E-state index in [1.807, 2.05) is 13.0 Å². The van der Waals surface area contributed by atoms with E-state index in [-0.39, 0.29) is 0 Å². The molecule has 2 aromatic heterocycles. The number of hydrogen-bond donors (Lipinski definition) is 1. The first kappa shape index (κ1) is 13.9. The van der Waals surface area contributed by atoms with Gasteiger partial charge in [-0.2, -0.15) is 4.98 Å². The topological polar surface area (TPSA) is 72.8 Å². The molecule has 2 aromatic rings. The fourth-order valence-electron chi connectivity index (χ4n) is 2.19. The first-order valence-corrected chi connectivity index (χ1v) is 8.62. The molecule has 116 valence electrons. The monoisotopic (exact) mass is 317 g/mol. The first-order chi connectivity index (χ1) is 10.8. The highest BCUT2D eigenvalue weighted by molar-refractivity contribution is 7.11. The Bertz CT molecular complexity index is 666. The third-order valence-electron chi connectivity index (χ3n) is 3.81. The van der Waals surface area contributed by atoms with Crippen molar-refractivity contribution in [2.45, 2.75) is 45.1 Å². The standard InChI is InChI=1S/C15H19N5OS/c1-9-17-12(6-13(18-9)21-8-10-2-3-10)16-7-14-19-20-15(22-14)11-4-5-11/h6,10-11H,2-5,7-8H2,1H3,(H,16,17,18). The van der Waals surface area contributed by atoms with Crippen LogP contribution in [0.2, 0.25) is 0 Å². The molecule has 2 heterocycles. The largest absolute Gasteiger partial charge is 0.477 e. The summed E-state index contributed by atoms with van der Waals surface area (Å²) in [6.45, 7) is 3.28. The zero-order chi connectivity index (χ0) is 14.9. The van der Waals surface area contributed by atoms with E-state index < -0.39 is 0 Å². The number of ether oxygens (including phenoxy) is 1. The van der Waals surface area contributed by atoms with E-state index in [0.29, 0.717) is 30.1 Å². The zero-order valence-electron chi connectivity index (χ0n) is 12.6. The summed E-state index contributed by atoms with van der Waals surface area (Å²) in [5.74, 6) is 3.52. The average molecular weight is 317 g/mol. The van der Waals surface area contributed by atoms with E-state index in [1.165, 1.54) is 30.7 Å². The van der Waals surface area contributed by atoms with Crippen LogP contribution in [0.15, 0.2) is 6.07 Å². The Kier molecular flexibility index (Phi) is 3.65. The maximum absolute atomic E-state index is 5.73. The lowest BCUT2D eigenvalue weighted by Crippen LogP contribution is -2.06. The summed E-state index contributed by atoms with van der Waals surface area (Å²) in [7, 11) is 0. The van der Waals surface area contributed by atoms with Gasteiger partial charge in [0.2, 0.25) is 5.88 Å². The maximum atomic E-state index is 5.73. The fourth-order valence-corrected chi connectivity index (χ4v) is 3.14. The highest BCUT2D eigenvalue weighted by atomic mass is 32.1. The van der Waals surface area contributed by atoms with Crippen molar-refractivity contribution in [3.63, 3.8) is 0 Å². The van der Waals surface area contributed by atoms with Crippen LogP contribution in [-0.2, 0) is 6.54 Å². The van der Waals surface area contributed by atoms with Crippen molar-refractivity contribution in [2.24, 2.45) is 5.92 Å². The smallest absolute Gasteiger partial charge is 0.218 e. The van der Waals surface area contributed by atoms with Gasteiger partial charge in [-0.25, -0.2) is 4.98 Å². The molecule has 2 fully saturated rings. The minimum absolute atomic E-state index is 0.642. The molecule has 4 rings (SSSR count). The Morgan fingerprint density at radius 3 is 2.86 bits per heavy atom. The summed E-state index contributed by atoms with van der Waals surface area (Å²) in [6, 6.07) is 1.86. The summed E-state index contributed by atoms with van der Waals surface area (Å²) in [4.78, 5) is 8.73. The molecule has 0 atom stereocenters. The van der Waals surface area contributed by atoms with Gasteiger partial charge in [0.1, 0.15) is 21.7 Å². The quantitative estimate of drug-likeness (QED) is 0.846. The van der Waals surface area contributed by atoms with Crippen LogP contribution < -0.4 is 10.1 Å². The van der Waals surface area contributed by atoms with Crippen LogP contribution in [0, 0.1) is 12.8 Å². The van der Waals surface area contributed by atoms with Crippen LogP contribution in [0.25, 0.3) is 0 Å². The van der Waals surface area contributed by atoms with Gasteiger partial charge in [0.15, 0.2) is 0 Å². The number of aromatic nitrogens is 4. The van der Waals surface area contributed by atoms with E-state index in [0.717, 1.165) is 17.4 Å². The van der Waals surface area contributed by atoms with Gasteiger partial charge < -0.3 is 10.1 Å². The van der Waals surface area contributed by atoms with Crippen molar-refractivity contribution in [2.75, 3.05) is 11.9 Å². The molecular formula is C15H19N5OS. The molecule has 6 nitrogen and oxygen atoms in total. The predicted octanol–water partition coefficient (Wildman–Crippen LogP) is 2.91. The first-order valence-electron chi connectivity index (χ1n) is 7.81. The summed E-state index contributed by atoms with van der Waals surface area (Å²) in [5.41, 5.74) is 0. The van der Waals surface area contributed by atoms with Crippen LogP contribution in [0.3, 0.4) is 0 Å². The molecule has 22 heavy (non-hydrogen) atoms. The minimum Gasteiger partial charge on any atom is -0.477 e. The molecular weight excluding hydrogens is 298 g/mol.